The summed E-state index contributed by atoms with van der Waals surface area (Å²) in [5.41, 5.74) is 2.87. The number of hydrogen-bond donors (Lipinski definition) is 3. The number of quaternary nitrogens is 1. The number of aryl methyl sites for hydroxylation is 1. The zero-order chi connectivity index (χ0) is 25.1. The van der Waals surface area contributed by atoms with Gasteiger partial charge in [0.1, 0.15) is 11.9 Å². The molecule has 1 atom stereocenters. The largest absolute Gasteiger partial charge is 0.346 e. The molecule has 6 nitrogen and oxygen atoms in total. The average molecular weight is 492 g/mol. The molecule has 0 spiro atoms. The molecular weight excluding hydrogens is 463 g/mol. The van der Waals surface area contributed by atoms with Crippen LogP contribution in [0.3, 0.4) is 0 Å². The third kappa shape index (κ3) is 5.08. The van der Waals surface area contributed by atoms with E-state index in [-0.39, 0.29) is 22.4 Å². The van der Waals surface area contributed by atoms with Crippen LogP contribution in [-0.2, 0) is 6.42 Å². The van der Waals surface area contributed by atoms with Crippen LogP contribution in [0.1, 0.15) is 34.5 Å². The van der Waals surface area contributed by atoms with Gasteiger partial charge in [-0.05, 0) is 54.5 Å². The summed E-state index contributed by atoms with van der Waals surface area (Å²) in [5.74, 6) is -0.799. The van der Waals surface area contributed by atoms with Gasteiger partial charge in [-0.3, -0.25) is 9.59 Å². The lowest BCUT2D eigenvalue weighted by atomic mass is 10.0. The molecule has 3 N–H and O–H groups in total. The minimum Gasteiger partial charge on any atom is -0.346 e. The number of hydrogen-bond acceptors (Lipinski definition) is 3. The lowest BCUT2D eigenvalue weighted by Gasteiger charge is -2.22. The molecule has 0 bridgehead atoms. The number of carbonyl (C=O) groups is 1. The van der Waals surface area contributed by atoms with Crippen molar-refractivity contribution < 1.29 is 14.1 Å². The highest BCUT2D eigenvalue weighted by atomic mass is 32.1. The minimum atomic E-state index is -0.550. The number of carbonyl (C=O) groups excluding carboxylic acids is 1. The van der Waals surface area contributed by atoms with Crippen molar-refractivity contribution in [1.29, 1.82) is 0 Å². The molecule has 0 fully saturated rings. The van der Waals surface area contributed by atoms with E-state index in [0.717, 1.165) is 16.6 Å². The summed E-state index contributed by atoms with van der Waals surface area (Å²) < 4.78 is 15.5. The Morgan fingerprint density at radius 1 is 1.11 bits per heavy atom. The Morgan fingerprint density at radius 2 is 1.83 bits per heavy atom. The Labute approximate surface area is 208 Å². The Balaban J connectivity index is 1.59. The molecule has 3 aromatic carbocycles. The second kappa shape index (κ2) is 10.3. The van der Waals surface area contributed by atoms with Crippen molar-refractivity contribution in [3.8, 4) is 5.69 Å². The number of amides is 1. The molecule has 0 saturated heterocycles. The number of aromatic nitrogens is 2. The highest BCUT2D eigenvalue weighted by Crippen LogP contribution is 2.16. The first-order valence-electron chi connectivity index (χ1n) is 11.5. The first kappa shape index (κ1) is 24.5. The first-order valence-corrected chi connectivity index (χ1v) is 11.9. The summed E-state index contributed by atoms with van der Waals surface area (Å²) in [7, 11) is 4.11. The Bertz CT molecular complexity index is 1490. The quantitative estimate of drug-likeness (QED) is 0.347. The van der Waals surface area contributed by atoms with Crippen LogP contribution in [0.4, 0.5) is 4.39 Å². The van der Waals surface area contributed by atoms with Gasteiger partial charge in [-0.2, -0.15) is 0 Å². The van der Waals surface area contributed by atoms with E-state index < -0.39 is 11.4 Å². The molecule has 4 aromatic rings. The van der Waals surface area contributed by atoms with Gasteiger partial charge in [0.25, 0.3) is 11.5 Å². The molecule has 180 valence electrons. The molecular formula is C27H28FN4O2S+. The number of benzene rings is 3. The molecule has 0 radical (unpaired) electrons. The molecule has 0 saturated carbocycles. The normalized spacial score (nSPS) is 12.1. The monoisotopic (exact) mass is 491 g/mol. The number of fused-ring (bicyclic) bond motifs is 1. The molecule has 0 aliphatic rings. The molecule has 8 heteroatoms. The van der Waals surface area contributed by atoms with Gasteiger partial charge in [0.05, 0.1) is 37.2 Å². The second-order valence-electron chi connectivity index (χ2n) is 8.72. The van der Waals surface area contributed by atoms with E-state index in [1.54, 1.807) is 30.3 Å². The van der Waals surface area contributed by atoms with Crippen molar-refractivity contribution in [1.82, 2.24) is 14.9 Å². The molecule has 35 heavy (non-hydrogen) atoms. The van der Waals surface area contributed by atoms with Gasteiger partial charge in [0.15, 0.2) is 4.77 Å². The Kier molecular flexibility index (Phi) is 7.23. The van der Waals surface area contributed by atoms with Crippen molar-refractivity contribution in [3.63, 3.8) is 0 Å². The third-order valence-corrected chi connectivity index (χ3v) is 6.49. The van der Waals surface area contributed by atoms with Gasteiger partial charge in [-0.1, -0.05) is 43.3 Å². The second-order valence-corrected chi connectivity index (χ2v) is 9.10. The third-order valence-electron chi connectivity index (χ3n) is 6.21. The van der Waals surface area contributed by atoms with Crippen molar-refractivity contribution in [2.45, 2.75) is 19.4 Å². The number of halogens is 1. The van der Waals surface area contributed by atoms with Crippen LogP contribution in [0.15, 0.2) is 71.5 Å². The molecule has 1 aromatic heterocycles. The number of nitrogens with zero attached hydrogens (tertiary/aromatic N) is 1. The average Bonchev–Trinajstić information content (AvgIpc) is 2.85. The standard InChI is InChI=1S/C27H27FN4O2S/c1-4-17-9-11-18(12-10-17)24(31(2)3)16-29-25(33)19-13-14-20-22(15-19)30-27(35)32(26(20)34)23-8-6-5-7-21(23)28/h5-15,24H,4,16H2,1-3H3,(H,29,33)(H,30,35)/p+1/t24-/m0/s1. The first-order chi connectivity index (χ1) is 16.8. The zero-order valence-electron chi connectivity index (χ0n) is 19.9. The van der Waals surface area contributed by atoms with Gasteiger partial charge < -0.3 is 15.2 Å². The van der Waals surface area contributed by atoms with E-state index in [4.69, 9.17) is 12.2 Å². The van der Waals surface area contributed by atoms with Crippen LogP contribution >= 0.6 is 12.2 Å². The van der Waals surface area contributed by atoms with E-state index in [0.29, 0.717) is 23.0 Å². The Morgan fingerprint density at radius 3 is 2.49 bits per heavy atom. The van der Waals surface area contributed by atoms with Gasteiger partial charge in [0.2, 0.25) is 0 Å². The van der Waals surface area contributed by atoms with E-state index >= 15 is 0 Å². The number of para-hydroxylation sites is 1. The van der Waals surface area contributed by atoms with E-state index in [9.17, 15) is 14.0 Å². The van der Waals surface area contributed by atoms with E-state index in [2.05, 4.69) is 55.6 Å². The molecule has 1 heterocycles. The summed E-state index contributed by atoms with van der Waals surface area (Å²) in [6.07, 6.45) is 0.979. The maximum Gasteiger partial charge on any atom is 0.266 e. The van der Waals surface area contributed by atoms with Gasteiger partial charge >= 0.3 is 0 Å². The van der Waals surface area contributed by atoms with Crippen LogP contribution in [0.5, 0.6) is 0 Å². The summed E-state index contributed by atoms with van der Waals surface area (Å²) in [4.78, 5) is 30.2. The van der Waals surface area contributed by atoms with Crippen molar-refractivity contribution >= 4 is 29.0 Å². The Hall–Kier alpha value is -3.62. The fourth-order valence-electron chi connectivity index (χ4n) is 4.15. The summed E-state index contributed by atoms with van der Waals surface area (Å²) in [6, 6.07) is 19.2. The maximum absolute atomic E-state index is 14.3. The maximum atomic E-state index is 14.3. The minimum absolute atomic E-state index is 0.0527. The fraction of sp³-hybridized carbons (Fsp3) is 0.222. The number of likely N-dealkylation sites (N-methyl/N-ethyl adjacent to an activating group) is 1. The van der Waals surface area contributed by atoms with E-state index in [1.807, 2.05) is 0 Å². The zero-order valence-corrected chi connectivity index (χ0v) is 20.7. The van der Waals surface area contributed by atoms with Crippen LogP contribution in [0, 0.1) is 10.6 Å². The topological polar surface area (TPSA) is 71.3 Å². The highest BCUT2D eigenvalue weighted by molar-refractivity contribution is 7.71. The fourth-order valence-corrected chi connectivity index (χ4v) is 4.44. The lowest BCUT2D eigenvalue weighted by molar-refractivity contribution is -0.890. The van der Waals surface area contributed by atoms with Crippen molar-refractivity contribution in [3.05, 3.63) is 104 Å². The smallest absolute Gasteiger partial charge is 0.266 e. The molecule has 0 aliphatic heterocycles. The highest BCUT2D eigenvalue weighted by Gasteiger charge is 2.20. The predicted octanol–water partition coefficient (Wildman–Crippen LogP) is 3.37. The van der Waals surface area contributed by atoms with Gasteiger partial charge in [0, 0.05) is 11.1 Å². The number of rotatable bonds is 7. The molecule has 0 unspecified atom stereocenters. The van der Waals surface area contributed by atoms with E-state index in [1.165, 1.54) is 22.6 Å². The number of nitrogens with one attached hydrogen (secondary N) is 3. The van der Waals surface area contributed by atoms with Crippen LogP contribution in [0.2, 0.25) is 0 Å². The molecule has 1 amide bonds. The van der Waals surface area contributed by atoms with Gasteiger partial charge in [-0.25, -0.2) is 8.96 Å². The van der Waals surface area contributed by atoms with Crippen molar-refractivity contribution in [2.24, 2.45) is 0 Å². The van der Waals surface area contributed by atoms with Crippen LogP contribution < -0.4 is 15.8 Å². The summed E-state index contributed by atoms with van der Waals surface area (Å²) in [5, 5.41) is 3.32. The summed E-state index contributed by atoms with van der Waals surface area (Å²) >= 11 is 5.34. The SMILES string of the molecule is CCc1ccc([C@H](CNC(=O)c2ccc3c(=O)n(-c4ccccc4F)c(=S)[nH]c3c2)[NH+](C)C)cc1. The van der Waals surface area contributed by atoms with Crippen molar-refractivity contribution in [2.75, 3.05) is 20.6 Å². The summed E-state index contributed by atoms with van der Waals surface area (Å²) in [6.45, 7) is 2.57. The molecule has 4 rings (SSSR count). The predicted molar refractivity (Wildman–Crippen MR) is 138 cm³/mol. The lowest BCUT2D eigenvalue weighted by Crippen LogP contribution is -3.07. The van der Waals surface area contributed by atoms with Gasteiger partial charge in [-0.15, -0.1) is 0 Å². The number of H-pyrrole nitrogens is 1. The molecule has 0 aliphatic carbocycles. The van der Waals surface area contributed by atoms with Crippen LogP contribution in [-0.4, -0.2) is 36.1 Å². The van der Waals surface area contributed by atoms with Crippen LogP contribution in [0.25, 0.3) is 16.6 Å². The number of aromatic amines is 1.